The lowest BCUT2D eigenvalue weighted by molar-refractivity contribution is -0.139. The van der Waals surface area contributed by atoms with Crippen LogP contribution in [0.3, 0.4) is 0 Å². The summed E-state index contributed by atoms with van der Waals surface area (Å²) >= 11 is 0. The second kappa shape index (κ2) is 6.20. The maximum Gasteiger partial charge on any atom is 0.323 e. The first-order valence-electron chi connectivity index (χ1n) is 5.43. The van der Waals surface area contributed by atoms with E-state index in [0.717, 1.165) is 6.07 Å². The van der Waals surface area contributed by atoms with Gasteiger partial charge >= 0.3 is 5.97 Å². The Labute approximate surface area is 117 Å². The number of ether oxygens (including phenoxy) is 1. The fourth-order valence-corrected chi connectivity index (χ4v) is 2.82. The molecule has 10 heteroatoms. The zero-order valence-corrected chi connectivity index (χ0v) is 12.2. The molecule has 1 aromatic rings. The van der Waals surface area contributed by atoms with Crippen LogP contribution in [0.2, 0.25) is 0 Å². The molecule has 8 nitrogen and oxygen atoms in total. The fraction of sp³-hybridized carbons (Fsp3) is 0.300. The Bertz CT molecular complexity index is 696. The lowest BCUT2D eigenvalue weighted by atomic mass is 10.3. The van der Waals surface area contributed by atoms with E-state index >= 15 is 0 Å². The average molecular weight is 322 g/mol. The molecule has 20 heavy (non-hydrogen) atoms. The Morgan fingerprint density at radius 3 is 2.50 bits per heavy atom. The van der Waals surface area contributed by atoms with E-state index in [1.54, 1.807) is 6.92 Å². The van der Waals surface area contributed by atoms with Gasteiger partial charge in [0.05, 0.1) is 11.5 Å². The predicted octanol–water partition coefficient (Wildman–Crippen LogP) is -0.361. The highest BCUT2D eigenvalue weighted by molar-refractivity contribution is 7.93. The van der Waals surface area contributed by atoms with Gasteiger partial charge in [0.25, 0.3) is 0 Å². The maximum atomic E-state index is 11.7. The minimum atomic E-state index is -3.98. The van der Waals surface area contributed by atoms with Crippen molar-refractivity contribution in [2.45, 2.75) is 11.8 Å². The minimum absolute atomic E-state index is 0.0131. The summed E-state index contributed by atoms with van der Waals surface area (Å²) in [6, 6.07) is 4.93. The van der Waals surface area contributed by atoms with E-state index in [-0.39, 0.29) is 17.2 Å². The van der Waals surface area contributed by atoms with Gasteiger partial charge in [-0.15, -0.1) is 0 Å². The third-order valence-electron chi connectivity index (χ3n) is 2.05. The molecule has 1 rings (SSSR count). The molecule has 3 N–H and O–H groups in total. The van der Waals surface area contributed by atoms with Crippen molar-refractivity contribution in [3.63, 3.8) is 0 Å². The van der Waals surface area contributed by atoms with Gasteiger partial charge in [-0.25, -0.2) is 22.0 Å². The zero-order valence-electron chi connectivity index (χ0n) is 10.6. The normalized spacial score (nSPS) is 11.9. The largest absolute Gasteiger partial charge is 0.465 e. The van der Waals surface area contributed by atoms with Gasteiger partial charge < -0.3 is 4.74 Å². The van der Waals surface area contributed by atoms with E-state index in [4.69, 9.17) is 5.14 Å². The standard InChI is InChI=1S/C10H14N2O6S2/c1-2-18-10(13)7-19(14,15)12-8-4-3-5-9(6-8)20(11,16)17/h3-6,12H,2,7H2,1H3,(H2,11,16,17). The molecular formula is C10H14N2O6S2. The first-order chi connectivity index (χ1) is 9.14. The Morgan fingerprint density at radius 1 is 1.30 bits per heavy atom. The monoisotopic (exact) mass is 322 g/mol. The quantitative estimate of drug-likeness (QED) is 0.687. The van der Waals surface area contributed by atoms with Crippen LogP contribution >= 0.6 is 0 Å². The van der Waals surface area contributed by atoms with Gasteiger partial charge in [0.1, 0.15) is 0 Å². The molecule has 0 aliphatic carbocycles. The van der Waals surface area contributed by atoms with E-state index in [1.807, 2.05) is 0 Å². The summed E-state index contributed by atoms with van der Waals surface area (Å²) in [6.45, 7) is 1.61. The van der Waals surface area contributed by atoms with Crippen molar-refractivity contribution in [1.82, 2.24) is 0 Å². The van der Waals surface area contributed by atoms with Gasteiger partial charge in [-0.3, -0.25) is 9.52 Å². The lowest BCUT2D eigenvalue weighted by Crippen LogP contribution is -2.24. The molecule has 0 radical (unpaired) electrons. The number of benzene rings is 1. The van der Waals surface area contributed by atoms with Crippen LogP contribution in [-0.4, -0.2) is 35.2 Å². The highest BCUT2D eigenvalue weighted by atomic mass is 32.2. The topological polar surface area (TPSA) is 133 Å². The van der Waals surface area contributed by atoms with E-state index in [1.165, 1.54) is 18.2 Å². The van der Waals surface area contributed by atoms with Crippen molar-refractivity contribution < 1.29 is 26.4 Å². The van der Waals surface area contributed by atoms with Gasteiger partial charge in [-0.2, -0.15) is 0 Å². The van der Waals surface area contributed by atoms with Gasteiger partial charge in [-0.05, 0) is 25.1 Å². The number of esters is 1. The van der Waals surface area contributed by atoms with Crippen LogP contribution in [0.15, 0.2) is 29.2 Å². The van der Waals surface area contributed by atoms with Crippen LogP contribution in [0, 0.1) is 0 Å². The molecule has 0 bridgehead atoms. The van der Waals surface area contributed by atoms with Crippen LogP contribution in [0.25, 0.3) is 0 Å². The Balaban J connectivity index is 2.91. The molecular weight excluding hydrogens is 308 g/mol. The number of anilines is 1. The van der Waals surface area contributed by atoms with Crippen LogP contribution in [0.4, 0.5) is 5.69 Å². The van der Waals surface area contributed by atoms with Crippen LogP contribution < -0.4 is 9.86 Å². The Kier molecular flexibility index (Phi) is 5.09. The number of nitrogens with one attached hydrogen (secondary N) is 1. The van der Waals surface area contributed by atoms with Gasteiger partial charge in [-0.1, -0.05) is 6.07 Å². The SMILES string of the molecule is CCOC(=O)CS(=O)(=O)Nc1cccc(S(N)(=O)=O)c1. The van der Waals surface area contributed by atoms with Crippen molar-refractivity contribution in [2.75, 3.05) is 17.1 Å². The number of primary sulfonamides is 1. The maximum absolute atomic E-state index is 11.7. The first-order valence-corrected chi connectivity index (χ1v) is 8.63. The van der Waals surface area contributed by atoms with Crippen molar-refractivity contribution >= 4 is 31.7 Å². The van der Waals surface area contributed by atoms with Crippen LogP contribution in [-0.2, 0) is 29.6 Å². The third kappa shape index (κ3) is 5.15. The summed E-state index contributed by atoms with van der Waals surface area (Å²) in [4.78, 5) is 10.9. The molecule has 0 aromatic heterocycles. The van der Waals surface area contributed by atoms with Crippen molar-refractivity contribution in [3.05, 3.63) is 24.3 Å². The fourth-order valence-electron chi connectivity index (χ4n) is 1.31. The zero-order chi connectivity index (χ0) is 15.4. The minimum Gasteiger partial charge on any atom is -0.465 e. The number of hydrogen-bond donors (Lipinski definition) is 2. The van der Waals surface area contributed by atoms with E-state index in [9.17, 15) is 21.6 Å². The summed E-state index contributed by atoms with van der Waals surface area (Å²) < 4.78 is 52.2. The smallest absolute Gasteiger partial charge is 0.323 e. The third-order valence-corrected chi connectivity index (χ3v) is 4.12. The summed E-state index contributed by atoms with van der Waals surface area (Å²) in [5.41, 5.74) is -0.0131. The molecule has 0 saturated carbocycles. The second-order valence-corrected chi connectivity index (χ2v) is 7.02. The van der Waals surface area contributed by atoms with Crippen LogP contribution in [0.1, 0.15) is 6.92 Å². The first kappa shape index (κ1) is 16.4. The van der Waals surface area contributed by atoms with E-state index in [0.29, 0.717) is 0 Å². The molecule has 0 unspecified atom stereocenters. The molecule has 0 fully saturated rings. The highest BCUT2D eigenvalue weighted by Gasteiger charge is 2.18. The lowest BCUT2D eigenvalue weighted by Gasteiger charge is -2.08. The number of rotatable bonds is 6. The number of carbonyl (C=O) groups is 1. The van der Waals surface area contributed by atoms with E-state index in [2.05, 4.69) is 9.46 Å². The molecule has 0 aliphatic rings. The molecule has 0 amide bonds. The predicted molar refractivity (Wildman–Crippen MR) is 71.9 cm³/mol. The number of nitrogens with two attached hydrogens (primary N) is 1. The summed E-state index contributed by atoms with van der Waals surface area (Å²) in [5.74, 6) is -1.76. The summed E-state index contributed by atoms with van der Waals surface area (Å²) in [7, 11) is -7.92. The van der Waals surface area contributed by atoms with Gasteiger partial charge in [0.2, 0.25) is 20.0 Å². The Hall–Kier alpha value is -1.65. The van der Waals surface area contributed by atoms with Crippen LogP contribution in [0.5, 0.6) is 0 Å². The van der Waals surface area contributed by atoms with E-state index < -0.39 is 31.8 Å². The molecule has 0 atom stereocenters. The van der Waals surface area contributed by atoms with Crippen molar-refractivity contribution in [2.24, 2.45) is 5.14 Å². The molecule has 112 valence electrons. The number of carbonyl (C=O) groups excluding carboxylic acids is 1. The second-order valence-electron chi connectivity index (χ2n) is 3.74. The molecule has 0 heterocycles. The summed E-state index contributed by atoms with van der Waals surface area (Å²) in [5, 5.41) is 4.93. The highest BCUT2D eigenvalue weighted by Crippen LogP contribution is 2.15. The van der Waals surface area contributed by atoms with Gasteiger partial charge in [0.15, 0.2) is 5.75 Å². The van der Waals surface area contributed by atoms with Gasteiger partial charge in [0, 0.05) is 5.69 Å². The number of hydrogen-bond acceptors (Lipinski definition) is 6. The van der Waals surface area contributed by atoms with Crippen molar-refractivity contribution in [1.29, 1.82) is 0 Å². The molecule has 0 aliphatic heterocycles. The molecule has 0 spiro atoms. The molecule has 0 saturated heterocycles. The molecule has 1 aromatic carbocycles. The van der Waals surface area contributed by atoms with Crippen molar-refractivity contribution in [3.8, 4) is 0 Å². The number of sulfonamides is 2. The average Bonchev–Trinajstić information content (AvgIpc) is 2.26. The Morgan fingerprint density at radius 2 is 1.95 bits per heavy atom. The summed E-state index contributed by atoms with van der Waals surface area (Å²) in [6.07, 6.45) is 0.